The number of aliphatic imine (C=N–C) groups is 1. The summed E-state index contributed by atoms with van der Waals surface area (Å²) in [5.74, 6) is -0.731. The van der Waals surface area contributed by atoms with Crippen molar-refractivity contribution in [1.82, 2.24) is 0 Å². The zero-order valence-corrected chi connectivity index (χ0v) is 11.1. The Balaban J connectivity index is 2.73. The minimum absolute atomic E-state index is 0.117. The summed E-state index contributed by atoms with van der Waals surface area (Å²) >= 11 is 0. The molecular weight excluding hydrogens is 250 g/mol. The number of carbonyl (C=O) groups excluding carboxylic acids is 1. The number of esters is 1. The number of aromatic hydroxyl groups is 1. The molecular formula is C13H17NO5. The number of ether oxygens (including phenoxy) is 3. The van der Waals surface area contributed by atoms with Crippen molar-refractivity contribution in [2.45, 2.75) is 6.29 Å². The topological polar surface area (TPSA) is 77.4 Å². The van der Waals surface area contributed by atoms with Crippen LogP contribution in [0.1, 0.15) is 15.9 Å². The van der Waals surface area contributed by atoms with Crippen LogP contribution in [0.25, 0.3) is 0 Å². The van der Waals surface area contributed by atoms with E-state index in [1.165, 1.54) is 33.5 Å². The second-order valence-corrected chi connectivity index (χ2v) is 3.66. The molecule has 0 atom stereocenters. The van der Waals surface area contributed by atoms with Crippen molar-refractivity contribution < 1.29 is 24.1 Å². The molecule has 1 aromatic rings. The first-order valence-corrected chi connectivity index (χ1v) is 5.59. The second-order valence-electron chi connectivity index (χ2n) is 3.66. The molecule has 0 aliphatic rings. The number of hydrogen-bond donors (Lipinski definition) is 1. The zero-order valence-electron chi connectivity index (χ0n) is 11.1. The highest BCUT2D eigenvalue weighted by Crippen LogP contribution is 2.18. The monoisotopic (exact) mass is 267 g/mol. The molecule has 0 unspecified atom stereocenters. The van der Waals surface area contributed by atoms with E-state index in [9.17, 15) is 9.90 Å². The summed E-state index contributed by atoms with van der Waals surface area (Å²) in [5.41, 5.74) is 0.780. The smallest absolute Gasteiger partial charge is 0.341 e. The van der Waals surface area contributed by atoms with Crippen LogP contribution in [-0.4, -0.2) is 51.5 Å². The fourth-order valence-corrected chi connectivity index (χ4v) is 1.40. The molecule has 0 saturated carbocycles. The van der Waals surface area contributed by atoms with Crippen LogP contribution >= 0.6 is 0 Å². The maximum Gasteiger partial charge on any atom is 0.341 e. The molecule has 0 fully saturated rings. The van der Waals surface area contributed by atoms with Crippen molar-refractivity contribution in [1.29, 1.82) is 0 Å². The van der Waals surface area contributed by atoms with Gasteiger partial charge in [0.2, 0.25) is 0 Å². The second kappa shape index (κ2) is 7.50. The van der Waals surface area contributed by atoms with Crippen molar-refractivity contribution >= 4 is 12.2 Å². The van der Waals surface area contributed by atoms with Crippen LogP contribution in [0.5, 0.6) is 5.75 Å². The number of benzene rings is 1. The quantitative estimate of drug-likeness (QED) is 0.476. The molecule has 0 aliphatic heterocycles. The highest BCUT2D eigenvalue weighted by atomic mass is 16.7. The van der Waals surface area contributed by atoms with Gasteiger partial charge in [-0.15, -0.1) is 0 Å². The number of nitrogens with zero attached hydrogens (tertiary/aromatic N) is 1. The molecule has 1 aromatic carbocycles. The van der Waals surface area contributed by atoms with Gasteiger partial charge in [-0.25, -0.2) is 4.79 Å². The molecule has 0 amide bonds. The Kier molecular flexibility index (Phi) is 5.98. The van der Waals surface area contributed by atoms with E-state index in [0.29, 0.717) is 12.1 Å². The number of hydrogen-bond acceptors (Lipinski definition) is 6. The molecule has 0 aromatic heterocycles. The van der Waals surface area contributed by atoms with Crippen LogP contribution < -0.4 is 0 Å². The van der Waals surface area contributed by atoms with Gasteiger partial charge in [-0.1, -0.05) is 6.07 Å². The Morgan fingerprint density at radius 3 is 2.58 bits per heavy atom. The summed E-state index contributed by atoms with van der Waals surface area (Å²) in [5, 5.41) is 9.68. The summed E-state index contributed by atoms with van der Waals surface area (Å²) in [6.45, 7) is 0.340. The predicted molar refractivity (Wildman–Crippen MR) is 69.7 cm³/mol. The fourth-order valence-electron chi connectivity index (χ4n) is 1.40. The maximum absolute atomic E-state index is 11.3. The molecule has 104 valence electrons. The normalized spacial score (nSPS) is 11.2. The van der Waals surface area contributed by atoms with Crippen molar-refractivity contribution in [3.8, 4) is 5.75 Å². The third-order valence-corrected chi connectivity index (χ3v) is 2.45. The first kappa shape index (κ1) is 15.1. The molecule has 0 bridgehead atoms. The molecule has 0 radical (unpaired) electrons. The minimum Gasteiger partial charge on any atom is -0.507 e. The van der Waals surface area contributed by atoms with Gasteiger partial charge < -0.3 is 19.3 Å². The van der Waals surface area contributed by atoms with Crippen LogP contribution in [0, 0.1) is 0 Å². The van der Waals surface area contributed by atoms with Crippen LogP contribution in [0.15, 0.2) is 23.2 Å². The van der Waals surface area contributed by atoms with Gasteiger partial charge in [-0.05, 0) is 17.7 Å². The lowest BCUT2D eigenvalue weighted by Crippen LogP contribution is -2.16. The summed E-state index contributed by atoms with van der Waals surface area (Å²) in [6, 6.07) is 4.57. The summed E-state index contributed by atoms with van der Waals surface area (Å²) in [4.78, 5) is 15.4. The Morgan fingerprint density at radius 2 is 2.05 bits per heavy atom. The Hall–Kier alpha value is -1.92. The molecule has 1 rings (SSSR count). The SMILES string of the molecule is COC(=O)c1ccc(/C=N\CC(OC)OC)cc1O. The number of rotatable bonds is 6. The van der Waals surface area contributed by atoms with E-state index in [2.05, 4.69) is 9.73 Å². The van der Waals surface area contributed by atoms with Crippen LogP contribution in [-0.2, 0) is 14.2 Å². The average molecular weight is 267 g/mol. The largest absolute Gasteiger partial charge is 0.507 e. The summed E-state index contributed by atoms with van der Waals surface area (Å²) in [7, 11) is 4.31. The Bertz CT molecular complexity index is 454. The summed E-state index contributed by atoms with van der Waals surface area (Å²) in [6.07, 6.45) is 1.16. The third-order valence-electron chi connectivity index (χ3n) is 2.45. The van der Waals surface area contributed by atoms with Crippen molar-refractivity contribution in [3.05, 3.63) is 29.3 Å². The lowest BCUT2D eigenvalue weighted by Gasteiger charge is -2.09. The molecule has 0 saturated heterocycles. The first-order chi connectivity index (χ1) is 9.12. The van der Waals surface area contributed by atoms with E-state index < -0.39 is 12.3 Å². The zero-order chi connectivity index (χ0) is 14.3. The number of methoxy groups -OCH3 is 3. The van der Waals surface area contributed by atoms with Gasteiger partial charge in [-0.2, -0.15) is 0 Å². The minimum atomic E-state index is -0.584. The van der Waals surface area contributed by atoms with Gasteiger partial charge in [0.25, 0.3) is 0 Å². The van der Waals surface area contributed by atoms with E-state index in [1.54, 1.807) is 12.3 Å². The molecule has 0 heterocycles. The fraction of sp³-hybridized carbons (Fsp3) is 0.385. The average Bonchev–Trinajstić information content (AvgIpc) is 2.43. The molecule has 6 heteroatoms. The lowest BCUT2D eigenvalue weighted by molar-refractivity contribution is -0.0936. The van der Waals surface area contributed by atoms with Gasteiger partial charge >= 0.3 is 5.97 Å². The standard InChI is InChI=1S/C13H17NO5/c1-17-12(18-2)8-14-7-9-4-5-10(11(15)6-9)13(16)19-3/h4-7,12,15H,8H2,1-3H3/b14-7-. The molecule has 19 heavy (non-hydrogen) atoms. The van der Waals surface area contributed by atoms with E-state index in [0.717, 1.165) is 0 Å². The number of phenols is 1. The van der Waals surface area contributed by atoms with Crippen LogP contribution in [0.4, 0.5) is 0 Å². The number of carbonyl (C=O) groups is 1. The lowest BCUT2D eigenvalue weighted by atomic mass is 10.1. The van der Waals surface area contributed by atoms with E-state index in [4.69, 9.17) is 9.47 Å². The predicted octanol–water partition coefficient (Wildman–Crippen LogP) is 1.22. The van der Waals surface area contributed by atoms with Crippen molar-refractivity contribution in [2.75, 3.05) is 27.9 Å². The summed E-state index contributed by atoms with van der Waals surface area (Å²) < 4.78 is 14.5. The molecule has 0 aliphatic carbocycles. The van der Waals surface area contributed by atoms with Crippen LogP contribution in [0.3, 0.4) is 0 Å². The van der Waals surface area contributed by atoms with Crippen LogP contribution in [0.2, 0.25) is 0 Å². The molecule has 1 N–H and O–H groups in total. The van der Waals surface area contributed by atoms with Gasteiger partial charge in [-0.3, -0.25) is 4.99 Å². The third kappa shape index (κ3) is 4.35. The maximum atomic E-state index is 11.3. The molecule has 6 nitrogen and oxygen atoms in total. The van der Waals surface area contributed by atoms with E-state index >= 15 is 0 Å². The van der Waals surface area contributed by atoms with Crippen molar-refractivity contribution in [2.24, 2.45) is 4.99 Å². The van der Waals surface area contributed by atoms with Crippen molar-refractivity contribution in [3.63, 3.8) is 0 Å². The first-order valence-electron chi connectivity index (χ1n) is 5.59. The number of phenolic OH excluding ortho intramolecular Hbond substituents is 1. The van der Waals surface area contributed by atoms with Gasteiger partial charge in [0.05, 0.1) is 13.7 Å². The Labute approximate surface area is 111 Å². The van der Waals surface area contributed by atoms with Gasteiger partial charge in [0.1, 0.15) is 11.3 Å². The van der Waals surface area contributed by atoms with Gasteiger partial charge in [0, 0.05) is 20.4 Å². The van der Waals surface area contributed by atoms with E-state index in [-0.39, 0.29) is 11.3 Å². The van der Waals surface area contributed by atoms with E-state index in [1.807, 2.05) is 0 Å². The van der Waals surface area contributed by atoms with Gasteiger partial charge in [0.15, 0.2) is 6.29 Å². The Morgan fingerprint density at radius 1 is 1.37 bits per heavy atom. The highest BCUT2D eigenvalue weighted by molar-refractivity contribution is 5.93. The highest BCUT2D eigenvalue weighted by Gasteiger charge is 2.11. The molecule has 0 spiro atoms.